The van der Waals surface area contributed by atoms with Crippen molar-refractivity contribution in [2.24, 2.45) is 0 Å². The van der Waals surface area contributed by atoms with E-state index < -0.39 is 11.3 Å². The van der Waals surface area contributed by atoms with Gasteiger partial charge >= 0.3 is 0 Å². The summed E-state index contributed by atoms with van der Waals surface area (Å²) in [6.07, 6.45) is 3.99. The average molecular weight is 684 g/mol. The molecule has 6 rings (SSSR count). The predicted octanol–water partition coefficient (Wildman–Crippen LogP) is 7.67. The van der Waals surface area contributed by atoms with Gasteiger partial charge in [-0.3, -0.25) is 9.59 Å². The summed E-state index contributed by atoms with van der Waals surface area (Å²) in [5.74, 6) is 0.0149. The third-order valence-corrected chi connectivity index (χ3v) is 10.1. The summed E-state index contributed by atoms with van der Waals surface area (Å²) >= 11 is 12.6. The first-order valence-electron chi connectivity index (χ1n) is 16.5. The van der Waals surface area contributed by atoms with Crippen LogP contribution in [0.25, 0.3) is 10.9 Å². The van der Waals surface area contributed by atoms with E-state index in [-0.39, 0.29) is 18.2 Å². The fourth-order valence-corrected chi connectivity index (χ4v) is 7.17. The zero-order chi connectivity index (χ0) is 33.5. The number of aromatic nitrogens is 1. The van der Waals surface area contributed by atoms with Crippen LogP contribution in [0, 0.1) is 0 Å². The van der Waals surface area contributed by atoms with Crippen LogP contribution in [0.2, 0.25) is 10.0 Å². The number of phenols is 1. The number of likely N-dealkylation sites (tertiary alicyclic amines) is 1. The maximum absolute atomic E-state index is 13.3. The number of aromatic amines is 1. The lowest BCUT2D eigenvalue weighted by Crippen LogP contribution is -2.45. The highest BCUT2D eigenvalue weighted by Gasteiger charge is 2.35. The van der Waals surface area contributed by atoms with Crippen LogP contribution in [0.4, 0.5) is 0 Å². The minimum atomic E-state index is -0.559. The van der Waals surface area contributed by atoms with Gasteiger partial charge in [0.2, 0.25) is 5.91 Å². The molecule has 1 aromatic heterocycles. The van der Waals surface area contributed by atoms with Gasteiger partial charge in [-0.25, -0.2) is 0 Å². The van der Waals surface area contributed by atoms with Crippen LogP contribution in [0.3, 0.4) is 0 Å². The van der Waals surface area contributed by atoms with Crippen molar-refractivity contribution in [2.45, 2.75) is 37.0 Å². The summed E-state index contributed by atoms with van der Waals surface area (Å²) in [5, 5.41) is 17.6. The summed E-state index contributed by atoms with van der Waals surface area (Å²) in [4.78, 5) is 31.7. The fraction of sp³-hybridized carbons (Fsp3) is 0.282. The summed E-state index contributed by atoms with van der Waals surface area (Å²) in [6, 6.07) is 33.0. The Morgan fingerprint density at radius 3 is 2.12 bits per heavy atom. The lowest BCUT2D eigenvalue weighted by Gasteiger charge is -2.37. The predicted molar refractivity (Wildman–Crippen MR) is 193 cm³/mol. The monoisotopic (exact) mass is 682 g/mol. The Kier molecular flexibility index (Phi) is 10.7. The van der Waals surface area contributed by atoms with Gasteiger partial charge in [0.15, 0.2) is 0 Å². The molecule has 1 aliphatic heterocycles. The molecule has 1 aliphatic rings. The van der Waals surface area contributed by atoms with E-state index in [2.05, 4.69) is 50.8 Å². The summed E-state index contributed by atoms with van der Waals surface area (Å²) in [7, 11) is 0. The van der Waals surface area contributed by atoms with E-state index in [0.717, 1.165) is 62.0 Å². The maximum atomic E-state index is 13.3. The Morgan fingerprint density at radius 1 is 0.833 bits per heavy atom. The zero-order valence-electron chi connectivity index (χ0n) is 26.7. The van der Waals surface area contributed by atoms with E-state index in [1.807, 2.05) is 48.5 Å². The number of rotatable bonds is 12. The lowest BCUT2D eigenvalue weighted by atomic mass is 9.71. The van der Waals surface area contributed by atoms with Crippen LogP contribution in [-0.2, 0) is 10.2 Å². The Bertz CT molecular complexity index is 1790. The van der Waals surface area contributed by atoms with Crippen molar-refractivity contribution in [1.29, 1.82) is 0 Å². The summed E-state index contributed by atoms with van der Waals surface area (Å²) in [6.45, 7) is 3.21. The highest BCUT2D eigenvalue weighted by atomic mass is 35.5. The molecule has 1 saturated heterocycles. The molecule has 7 nitrogen and oxygen atoms in total. The van der Waals surface area contributed by atoms with E-state index in [4.69, 9.17) is 23.2 Å². The molecule has 0 aliphatic carbocycles. The van der Waals surface area contributed by atoms with Crippen LogP contribution in [0.1, 0.15) is 58.8 Å². The molecule has 9 heteroatoms. The minimum Gasteiger partial charge on any atom is -0.508 e. The van der Waals surface area contributed by atoms with Gasteiger partial charge in [0.1, 0.15) is 11.4 Å². The van der Waals surface area contributed by atoms with Crippen molar-refractivity contribution in [2.75, 3.05) is 32.7 Å². The normalized spacial score (nSPS) is 14.2. The molecule has 4 aromatic carbocycles. The van der Waals surface area contributed by atoms with Gasteiger partial charge in [-0.05, 0) is 116 Å². The standard InChI is InChI=1S/C39H40Cl2N4O3/c40-32-11-7-30(8-12-32)39(31-9-13-33(41)14-10-31,19-4-20-45-21-17-28(18-22-45)27-5-2-1-3-6-27)26-43-37(47)25-42-38(48)36-24-29-23-34(46)15-16-35(29)44-36/h1-3,5-16,23-24,28,44,46H,4,17-22,25-26H2,(H,42,48)(H,43,47). The number of phenolic OH excluding ortho intramolecular Hbond substituents is 1. The van der Waals surface area contributed by atoms with Crippen LogP contribution in [0.15, 0.2) is 103 Å². The van der Waals surface area contributed by atoms with E-state index in [1.165, 1.54) is 5.56 Å². The van der Waals surface area contributed by atoms with Crippen LogP contribution in [-0.4, -0.2) is 59.5 Å². The van der Waals surface area contributed by atoms with Gasteiger partial charge in [-0.2, -0.15) is 0 Å². The number of benzene rings is 4. The molecular formula is C39H40Cl2N4O3. The van der Waals surface area contributed by atoms with Gasteiger partial charge in [0, 0.05) is 32.9 Å². The molecule has 0 saturated carbocycles. The molecule has 0 atom stereocenters. The number of H-pyrrole nitrogens is 1. The van der Waals surface area contributed by atoms with Crippen molar-refractivity contribution < 1.29 is 14.7 Å². The highest BCUT2D eigenvalue weighted by Crippen LogP contribution is 2.38. The van der Waals surface area contributed by atoms with Crippen molar-refractivity contribution in [3.8, 4) is 5.75 Å². The molecule has 4 N–H and O–H groups in total. The van der Waals surface area contributed by atoms with Gasteiger partial charge in [-0.1, -0.05) is 77.8 Å². The number of hydrogen-bond acceptors (Lipinski definition) is 4. The van der Waals surface area contributed by atoms with Crippen LogP contribution < -0.4 is 10.6 Å². The van der Waals surface area contributed by atoms with E-state index in [9.17, 15) is 14.7 Å². The Morgan fingerprint density at radius 2 is 1.48 bits per heavy atom. The Labute approximate surface area is 291 Å². The molecule has 2 amide bonds. The van der Waals surface area contributed by atoms with E-state index in [1.54, 1.807) is 24.3 Å². The van der Waals surface area contributed by atoms with Gasteiger partial charge in [-0.15, -0.1) is 0 Å². The maximum Gasteiger partial charge on any atom is 0.268 e. The average Bonchev–Trinajstić information content (AvgIpc) is 3.54. The third-order valence-electron chi connectivity index (χ3n) is 9.58. The van der Waals surface area contributed by atoms with E-state index >= 15 is 0 Å². The number of nitrogens with zero attached hydrogens (tertiary/aromatic N) is 1. The molecule has 248 valence electrons. The summed E-state index contributed by atoms with van der Waals surface area (Å²) in [5.41, 5.74) is 3.99. The second-order valence-corrected chi connectivity index (χ2v) is 13.5. The fourth-order valence-electron chi connectivity index (χ4n) is 6.92. The molecule has 0 unspecified atom stereocenters. The third kappa shape index (κ3) is 8.04. The van der Waals surface area contributed by atoms with Crippen molar-refractivity contribution >= 4 is 45.9 Å². The molecular weight excluding hydrogens is 643 g/mol. The molecule has 5 aromatic rings. The number of amides is 2. The first kappa shape index (κ1) is 33.6. The first-order chi connectivity index (χ1) is 23.3. The first-order valence-corrected chi connectivity index (χ1v) is 17.2. The lowest BCUT2D eigenvalue weighted by molar-refractivity contribution is -0.120. The quantitative estimate of drug-likeness (QED) is 0.109. The highest BCUT2D eigenvalue weighted by molar-refractivity contribution is 6.30. The number of hydrogen-bond donors (Lipinski definition) is 4. The number of carbonyl (C=O) groups excluding carboxylic acids is 2. The smallest absolute Gasteiger partial charge is 0.268 e. The second-order valence-electron chi connectivity index (χ2n) is 12.6. The van der Waals surface area contributed by atoms with Gasteiger partial charge < -0.3 is 25.6 Å². The van der Waals surface area contributed by atoms with Crippen LogP contribution >= 0.6 is 23.2 Å². The number of fused-ring (bicyclic) bond motifs is 1. The van der Waals surface area contributed by atoms with Crippen molar-refractivity contribution in [1.82, 2.24) is 20.5 Å². The minimum absolute atomic E-state index is 0.116. The van der Waals surface area contributed by atoms with Crippen molar-refractivity contribution in [3.63, 3.8) is 0 Å². The molecule has 48 heavy (non-hydrogen) atoms. The van der Waals surface area contributed by atoms with Gasteiger partial charge in [0.05, 0.1) is 6.54 Å². The molecule has 0 spiro atoms. The Hall–Kier alpha value is -4.30. The topological polar surface area (TPSA) is 97.5 Å². The number of aromatic hydroxyl groups is 1. The second kappa shape index (κ2) is 15.3. The van der Waals surface area contributed by atoms with Crippen molar-refractivity contribution in [3.05, 3.63) is 136 Å². The van der Waals surface area contributed by atoms with Gasteiger partial charge in [0.25, 0.3) is 5.91 Å². The zero-order valence-corrected chi connectivity index (χ0v) is 28.2. The molecule has 2 heterocycles. The SMILES string of the molecule is O=C(CNC(=O)c1cc2cc(O)ccc2[nH]1)NCC(CCCN1CCC(c2ccccc2)CC1)(c1ccc(Cl)cc1)c1ccc(Cl)cc1. The summed E-state index contributed by atoms with van der Waals surface area (Å²) < 4.78 is 0. The number of piperidine rings is 1. The number of halogens is 2. The number of carbonyl (C=O) groups is 2. The molecule has 0 bridgehead atoms. The van der Waals surface area contributed by atoms with E-state index in [0.29, 0.717) is 33.6 Å². The molecule has 1 fully saturated rings. The molecule has 0 radical (unpaired) electrons. The number of nitrogens with one attached hydrogen (secondary N) is 3. The Balaban J connectivity index is 1.14. The largest absolute Gasteiger partial charge is 0.508 e. The van der Waals surface area contributed by atoms with Crippen LogP contribution in [0.5, 0.6) is 5.75 Å².